The minimum Gasteiger partial charge on any atom is -0.497 e. The molecule has 1 atom stereocenters. The van der Waals surface area contributed by atoms with E-state index in [0.717, 1.165) is 50.0 Å². The molecule has 1 unspecified atom stereocenters. The van der Waals surface area contributed by atoms with Crippen molar-refractivity contribution in [3.8, 4) is 17.1 Å². The van der Waals surface area contributed by atoms with Crippen molar-refractivity contribution in [2.24, 2.45) is 5.92 Å². The van der Waals surface area contributed by atoms with Crippen LogP contribution in [0.3, 0.4) is 0 Å². The van der Waals surface area contributed by atoms with Crippen LogP contribution in [0, 0.1) is 5.92 Å². The van der Waals surface area contributed by atoms with Crippen LogP contribution in [0.2, 0.25) is 0 Å². The monoisotopic (exact) mass is 448 g/mol. The summed E-state index contributed by atoms with van der Waals surface area (Å²) >= 11 is 0. The Bertz CT molecular complexity index is 1080. The number of hydrogen-bond acceptors (Lipinski definition) is 7. The Balaban J connectivity index is 1.18. The van der Waals surface area contributed by atoms with Crippen molar-refractivity contribution >= 4 is 5.91 Å². The molecule has 3 aromatic rings. The van der Waals surface area contributed by atoms with Crippen LogP contribution in [0.1, 0.15) is 41.9 Å². The van der Waals surface area contributed by atoms with E-state index < -0.39 is 0 Å². The molecule has 0 bridgehead atoms. The van der Waals surface area contributed by atoms with Gasteiger partial charge in [-0.25, -0.2) is 0 Å². The molecule has 1 aromatic carbocycles. The summed E-state index contributed by atoms with van der Waals surface area (Å²) in [4.78, 5) is 23.4. The first-order valence-corrected chi connectivity index (χ1v) is 11.4. The summed E-state index contributed by atoms with van der Waals surface area (Å²) in [6, 6.07) is 11.0. The molecule has 1 amide bonds. The quantitative estimate of drug-likeness (QED) is 0.587. The van der Waals surface area contributed by atoms with Gasteiger partial charge in [-0.15, -0.1) is 0 Å². The van der Waals surface area contributed by atoms with Crippen molar-refractivity contribution in [1.29, 1.82) is 0 Å². The molecule has 2 aliphatic heterocycles. The van der Waals surface area contributed by atoms with Gasteiger partial charge in [-0.2, -0.15) is 4.98 Å². The number of amides is 1. The molecule has 2 saturated heterocycles. The molecule has 0 saturated carbocycles. The Kier molecular flexibility index (Phi) is 6.09. The zero-order valence-corrected chi connectivity index (χ0v) is 18.8. The van der Waals surface area contributed by atoms with Gasteiger partial charge in [0.1, 0.15) is 5.75 Å². The molecule has 0 aliphatic carbocycles. The fourth-order valence-corrected chi connectivity index (χ4v) is 4.89. The highest BCUT2D eigenvalue weighted by Gasteiger charge is 2.41. The average Bonchev–Trinajstić information content (AvgIpc) is 3.33. The van der Waals surface area contributed by atoms with Gasteiger partial charge in [-0.3, -0.25) is 9.78 Å². The molecule has 5 rings (SSSR count). The van der Waals surface area contributed by atoms with E-state index in [9.17, 15) is 4.79 Å². The number of likely N-dealkylation sites (tertiary alicyclic amines) is 1. The first-order valence-electron chi connectivity index (χ1n) is 11.4. The van der Waals surface area contributed by atoms with Crippen LogP contribution in [-0.2, 0) is 11.2 Å². The van der Waals surface area contributed by atoms with Gasteiger partial charge in [0, 0.05) is 49.6 Å². The summed E-state index contributed by atoms with van der Waals surface area (Å²) < 4.78 is 17.0. The highest BCUT2D eigenvalue weighted by atomic mass is 16.5. The van der Waals surface area contributed by atoms with E-state index in [1.165, 1.54) is 0 Å². The van der Waals surface area contributed by atoms with E-state index in [2.05, 4.69) is 15.1 Å². The van der Waals surface area contributed by atoms with Crippen molar-refractivity contribution in [2.75, 3.05) is 26.8 Å². The van der Waals surface area contributed by atoms with Gasteiger partial charge >= 0.3 is 0 Å². The summed E-state index contributed by atoms with van der Waals surface area (Å²) in [5.74, 6) is 2.50. The van der Waals surface area contributed by atoms with E-state index in [0.29, 0.717) is 36.3 Å². The molecule has 8 nitrogen and oxygen atoms in total. The summed E-state index contributed by atoms with van der Waals surface area (Å²) in [6.07, 6.45) is 7.80. The molecule has 8 heteroatoms. The number of methoxy groups -OCH3 is 1. The van der Waals surface area contributed by atoms with E-state index >= 15 is 0 Å². The maximum Gasteiger partial charge on any atom is 0.253 e. The average molecular weight is 449 g/mol. The van der Waals surface area contributed by atoms with Crippen LogP contribution in [0.4, 0.5) is 0 Å². The van der Waals surface area contributed by atoms with Crippen molar-refractivity contribution < 1.29 is 18.8 Å². The molecular weight excluding hydrogens is 420 g/mol. The van der Waals surface area contributed by atoms with E-state index in [1.54, 1.807) is 19.5 Å². The van der Waals surface area contributed by atoms with Crippen molar-refractivity contribution in [1.82, 2.24) is 20.0 Å². The lowest BCUT2D eigenvalue weighted by Gasteiger charge is -2.46. The normalized spacial score (nSPS) is 20.0. The van der Waals surface area contributed by atoms with Gasteiger partial charge in [0.25, 0.3) is 5.91 Å². The number of ether oxygens (including phenoxy) is 2. The minimum absolute atomic E-state index is 0.0642. The maximum absolute atomic E-state index is 12.9. The largest absolute Gasteiger partial charge is 0.497 e. The molecule has 172 valence electrons. The lowest BCUT2D eigenvalue weighted by molar-refractivity contribution is -0.124. The van der Waals surface area contributed by atoms with Gasteiger partial charge in [-0.1, -0.05) is 5.16 Å². The number of rotatable bonds is 5. The van der Waals surface area contributed by atoms with Gasteiger partial charge in [-0.05, 0) is 68.0 Å². The van der Waals surface area contributed by atoms with Gasteiger partial charge in [0.05, 0.1) is 12.7 Å². The van der Waals surface area contributed by atoms with Crippen molar-refractivity contribution in [2.45, 2.75) is 37.7 Å². The number of carbonyl (C=O) groups excluding carboxylic acids is 1. The number of pyridine rings is 1. The molecule has 1 spiro atoms. The zero-order chi connectivity index (χ0) is 22.7. The first-order chi connectivity index (χ1) is 16.1. The number of carbonyl (C=O) groups is 1. The molecule has 4 heterocycles. The highest BCUT2D eigenvalue weighted by molar-refractivity contribution is 5.94. The lowest BCUT2D eigenvalue weighted by atomic mass is 9.78. The van der Waals surface area contributed by atoms with Crippen LogP contribution in [0.25, 0.3) is 11.4 Å². The Morgan fingerprint density at radius 1 is 1.15 bits per heavy atom. The minimum atomic E-state index is -0.173. The highest BCUT2D eigenvalue weighted by Crippen LogP contribution is 2.39. The first kappa shape index (κ1) is 21.6. The van der Waals surface area contributed by atoms with Crippen LogP contribution < -0.4 is 4.74 Å². The van der Waals surface area contributed by atoms with Gasteiger partial charge in [0.2, 0.25) is 11.7 Å². The molecule has 2 aliphatic rings. The predicted octanol–water partition coefficient (Wildman–Crippen LogP) is 3.78. The summed E-state index contributed by atoms with van der Waals surface area (Å²) in [5, 5.41) is 4.13. The molecule has 2 aromatic heterocycles. The fraction of sp³-hybridized carbons (Fsp3) is 0.440. The Hall–Kier alpha value is -3.26. The second-order valence-corrected chi connectivity index (χ2v) is 8.86. The van der Waals surface area contributed by atoms with E-state index in [1.807, 2.05) is 41.3 Å². The maximum atomic E-state index is 12.9. The second-order valence-electron chi connectivity index (χ2n) is 8.86. The van der Waals surface area contributed by atoms with Crippen LogP contribution >= 0.6 is 0 Å². The third kappa shape index (κ3) is 4.75. The number of nitrogens with zero attached hydrogens (tertiary/aromatic N) is 4. The fourth-order valence-electron chi connectivity index (χ4n) is 4.89. The number of hydrogen-bond donors (Lipinski definition) is 0. The zero-order valence-electron chi connectivity index (χ0n) is 18.8. The van der Waals surface area contributed by atoms with E-state index in [-0.39, 0.29) is 11.5 Å². The topological polar surface area (TPSA) is 90.6 Å². The van der Waals surface area contributed by atoms with Gasteiger partial charge < -0.3 is 18.9 Å². The Morgan fingerprint density at radius 3 is 2.64 bits per heavy atom. The molecule has 33 heavy (non-hydrogen) atoms. The van der Waals surface area contributed by atoms with E-state index in [4.69, 9.17) is 14.0 Å². The lowest BCUT2D eigenvalue weighted by Crippen LogP contribution is -2.51. The SMILES string of the molecule is COc1ccc(C(=O)N2CCC3(CC2)CC(Cc2nc(-c4ccncc4)no2)CCO3)cc1. The third-order valence-electron chi connectivity index (χ3n) is 6.76. The Morgan fingerprint density at radius 2 is 1.91 bits per heavy atom. The standard InChI is InChI=1S/C25H28N4O4/c1-31-21-4-2-20(3-5-21)24(30)29-13-9-25(10-14-29)17-18(8-15-32-25)16-22-27-23(28-33-22)19-6-11-26-12-7-19/h2-7,11-12,18H,8-10,13-17H2,1H3. The number of piperidine rings is 1. The summed E-state index contributed by atoms with van der Waals surface area (Å²) in [5.41, 5.74) is 1.42. The summed E-state index contributed by atoms with van der Waals surface area (Å²) in [6.45, 7) is 2.12. The van der Waals surface area contributed by atoms with Crippen LogP contribution in [0.5, 0.6) is 5.75 Å². The van der Waals surface area contributed by atoms with Gasteiger partial charge in [0.15, 0.2) is 0 Å². The smallest absolute Gasteiger partial charge is 0.253 e. The molecule has 0 radical (unpaired) electrons. The number of benzene rings is 1. The van der Waals surface area contributed by atoms with Crippen molar-refractivity contribution in [3.63, 3.8) is 0 Å². The predicted molar refractivity (Wildman–Crippen MR) is 121 cm³/mol. The van der Waals surface area contributed by atoms with Crippen LogP contribution in [-0.4, -0.2) is 58.3 Å². The van der Waals surface area contributed by atoms with Crippen molar-refractivity contribution in [3.05, 3.63) is 60.2 Å². The summed E-state index contributed by atoms with van der Waals surface area (Å²) in [7, 11) is 1.62. The Labute approximate surface area is 192 Å². The molecular formula is C25H28N4O4. The molecule has 0 N–H and O–H groups in total. The second kappa shape index (κ2) is 9.31. The number of aromatic nitrogens is 3. The third-order valence-corrected chi connectivity index (χ3v) is 6.76. The molecule has 2 fully saturated rings. The van der Waals surface area contributed by atoms with Crippen LogP contribution in [0.15, 0.2) is 53.3 Å².